The average Bonchev–Trinajstić information content (AvgIpc) is 2.63. The van der Waals surface area contributed by atoms with Crippen molar-refractivity contribution in [1.82, 2.24) is 0 Å². The molecule has 120 valence electrons. The van der Waals surface area contributed by atoms with Gasteiger partial charge in [-0.2, -0.15) is 0 Å². The molecule has 0 aromatic heterocycles. The van der Waals surface area contributed by atoms with Crippen LogP contribution in [0.3, 0.4) is 0 Å². The molecule has 4 N–H and O–H groups in total. The van der Waals surface area contributed by atoms with Crippen molar-refractivity contribution < 1.29 is 42.9 Å². The molecule has 0 bridgehead atoms. The fourth-order valence-electron chi connectivity index (χ4n) is 1.97. The highest BCUT2D eigenvalue weighted by Crippen LogP contribution is 2.49. The summed E-state index contributed by atoms with van der Waals surface area (Å²) >= 11 is 0. The Balaban J connectivity index is 2.91. The first-order valence-electron chi connectivity index (χ1n) is 5.89. The smallest absolute Gasteiger partial charge is 0.393 e. The minimum absolute atomic E-state index is 0.107. The molecule has 6 atom stereocenters. The fraction of sp³-hybridized carbons (Fsp3) is 0.889. The largest absolute Gasteiger partial charge is 0.694 e. The number of ether oxygens (including phenoxy) is 1. The Kier molecular flexibility index (Phi) is 6.96. The molecule has 1 aliphatic rings. The molecular weight excluding hydrogens is 325 g/mol. The van der Waals surface area contributed by atoms with Gasteiger partial charge in [0, 0.05) is 24.1 Å². The van der Waals surface area contributed by atoms with E-state index in [1.54, 1.807) is 0 Å². The van der Waals surface area contributed by atoms with Crippen LogP contribution in [0.25, 0.3) is 0 Å². The third kappa shape index (κ3) is 4.81. The first-order valence-corrected chi connectivity index (χ1v) is 8.78. The van der Waals surface area contributed by atoms with Crippen molar-refractivity contribution in [2.45, 2.75) is 30.2 Å². The summed E-state index contributed by atoms with van der Waals surface area (Å²) in [5, 5.41) is 19.5. The van der Waals surface area contributed by atoms with E-state index in [4.69, 9.17) is 22.0 Å². The van der Waals surface area contributed by atoms with Gasteiger partial charge in [0.2, 0.25) is 7.57 Å². The summed E-state index contributed by atoms with van der Waals surface area (Å²) in [6.07, 6.45) is 0.628. The van der Waals surface area contributed by atoms with Gasteiger partial charge in [0.15, 0.2) is 0 Å². The molecule has 12 heteroatoms. The first kappa shape index (κ1) is 19.2. The van der Waals surface area contributed by atoms with Crippen LogP contribution in [0.15, 0.2) is 0 Å². The van der Waals surface area contributed by atoms with Gasteiger partial charge < -0.3 is 28.9 Å². The average molecular weight is 343 g/mol. The molecule has 0 amide bonds. The highest BCUT2D eigenvalue weighted by molar-refractivity contribution is 7.58. The minimum atomic E-state index is -3.49. The maximum absolute atomic E-state index is 10.5. The Morgan fingerprint density at radius 3 is 2.67 bits per heavy atom. The summed E-state index contributed by atoms with van der Waals surface area (Å²) in [7, 11) is 0.439. The van der Waals surface area contributed by atoms with Crippen LogP contribution in [-0.2, 0) is 22.9 Å². The first-order chi connectivity index (χ1) is 9.67. The summed E-state index contributed by atoms with van der Waals surface area (Å²) in [6, 6.07) is -1.18. The van der Waals surface area contributed by atoms with Crippen LogP contribution in [0, 0.1) is 0 Å². The van der Waals surface area contributed by atoms with E-state index in [-0.39, 0.29) is 13.0 Å². The Hall–Kier alpha value is 0.145. The Bertz CT molecular complexity index is 422. The van der Waals surface area contributed by atoms with E-state index in [0.717, 1.165) is 0 Å². The van der Waals surface area contributed by atoms with Gasteiger partial charge in [0.1, 0.15) is 32.3 Å². The van der Waals surface area contributed by atoms with Gasteiger partial charge >= 0.3 is 8.25 Å². The molecule has 1 heterocycles. The third-order valence-corrected chi connectivity index (χ3v) is 4.62. The maximum atomic E-state index is 10.5. The summed E-state index contributed by atoms with van der Waals surface area (Å²) in [5.41, 5.74) is -1.52. The highest BCUT2D eigenvalue weighted by atomic mass is 31.2. The molecule has 1 rings (SSSR count). The van der Waals surface area contributed by atoms with E-state index in [0.29, 0.717) is 0 Å². The molecule has 0 saturated carbocycles. The minimum Gasteiger partial charge on any atom is -0.393 e. The van der Waals surface area contributed by atoms with Gasteiger partial charge in [-0.25, -0.2) is 0 Å². The van der Waals surface area contributed by atoms with Crippen molar-refractivity contribution in [3.8, 4) is 0 Å². The van der Waals surface area contributed by atoms with Gasteiger partial charge in [0.25, 0.3) is 0 Å². The molecule has 9 nitrogen and oxygen atoms in total. The molecule has 0 aliphatic carbocycles. The van der Waals surface area contributed by atoms with Crippen molar-refractivity contribution in [3.63, 3.8) is 0 Å². The summed E-state index contributed by atoms with van der Waals surface area (Å²) < 4.78 is 30.2. The van der Waals surface area contributed by atoms with Crippen LogP contribution >= 0.6 is 15.8 Å². The number of aliphatic hydroxyl groups excluding tert-OH is 2. The topological polar surface area (TPSA) is 135 Å². The molecule has 1 saturated heterocycles. The SMILES string of the molecule is [B][C@@H]1O[C@@](CO)(CCO[P+](=O)O)C(OP(=C)(O)OC)[C@@H]1O. The predicted molar refractivity (Wildman–Crippen MR) is 75.0 cm³/mol. The van der Waals surface area contributed by atoms with Gasteiger partial charge in [0.05, 0.1) is 6.61 Å². The maximum Gasteiger partial charge on any atom is 0.694 e. The van der Waals surface area contributed by atoms with Crippen molar-refractivity contribution in [1.29, 1.82) is 0 Å². The van der Waals surface area contributed by atoms with E-state index in [1.165, 1.54) is 7.11 Å². The quantitative estimate of drug-likeness (QED) is 0.319. The van der Waals surface area contributed by atoms with Crippen molar-refractivity contribution in [3.05, 3.63) is 0 Å². The molecule has 0 spiro atoms. The number of hydrogen-bond donors (Lipinski definition) is 4. The molecule has 2 radical (unpaired) electrons. The number of hydrogen-bond acceptors (Lipinski definition) is 8. The van der Waals surface area contributed by atoms with Crippen molar-refractivity contribution in [2.75, 3.05) is 20.3 Å². The van der Waals surface area contributed by atoms with E-state index in [1.807, 2.05) is 0 Å². The molecule has 1 aliphatic heterocycles. The van der Waals surface area contributed by atoms with Crippen LogP contribution in [-0.4, -0.2) is 78.3 Å². The molecule has 21 heavy (non-hydrogen) atoms. The van der Waals surface area contributed by atoms with Crippen LogP contribution in [0.2, 0.25) is 0 Å². The van der Waals surface area contributed by atoms with Gasteiger partial charge in [-0.05, 0) is 6.30 Å². The lowest BCUT2D eigenvalue weighted by Crippen LogP contribution is -2.48. The third-order valence-electron chi connectivity index (χ3n) is 3.09. The van der Waals surface area contributed by atoms with Crippen LogP contribution in [0.4, 0.5) is 0 Å². The Morgan fingerprint density at radius 1 is 1.57 bits per heavy atom. The Labute approximate surface area is 124 Å². The Morgan fingerprint density at radius 2 is 2.19 bits per heavy atom. The van der Waals surface area contributed by atoms with E-state index >= 15 is 0 Å². The lowest BCUT2D eigenvalue weighted by molar-refractivity contribution is -0.104. The molecule has 1 fully saturated rings. The second kappa shape index (κ2) is 7.61. The molecular formula is C9H18BO9P2+. The van der Waals surface area contributed by atoms with E-state index in [2.05, 4.69) is 15.3 Å². The van der Waals surface area contributed by atoms with Crippen molar-refractivity contribution >= 4 is 30.0 Å². The molecule has 0 aromatic rings. The van der Waals surface area contributed by atoms with Gasteiger partial charge in [-0.1, -0.05) is 0 Å². The van der Waals surface area contributed by atoms with E-state index in [9.17, 15) is 19.7 Å². The number of rotatable bonds is 8. The monoisotopic (exact) mass is 343 g/mol. The predicted octanol–water partition coefficient (Wildman–Crippen LogP) is -1.12. The van der Waals surface area contributed by atoms with Crippen LogP contribution in [0.5, 0.6) is 0 Å². The normalized spacial score (nSPS) is 36.4. The standard InChI is InChI=1S/C9H17BO9P2/c1-16-21(2,15)19-7-6(12)8(10)18-9(7,5-11)3-4-17-20(13)14/h6-8,11-12H,2-5H2,1H3,(H-,13,14,15)/p+1/t6-,7?,8+,9+,21?/m0/s1. The zero-order valence-corrected chi connectivity index (χ0v) is 13.2. The van der Waals surface area contributed by atoms with Gasteiger partial charge in [-0.15, -0.1) is 9.42 Å². The lowest BCUT2D eigenvalue weighted by atomic mass is 9.88. The molecule has 3 unspecified atom stereocenters. The number of aliphatic hydroxyl groups is 2. The zero-order chi connectivity index (χ0) is 16.3. The van der Waals surface area contributed by atoms with Crippen molar-refractivity contribution in [2.24, 2.45) is 0 Å². The molecule has 0 aromatic carbocycles. The zero-order valence-electron chi connectivity index (χ0n) is 11.4. The highest BCUT2D eigenvalue weighted by Gasteiger charge is 2.55. The summed E-state index contributed by atoms with van der Waals surface area (Å²) in [4.78, 5) is 18.4. The summed E-state index contributed by atoms with van der Waals surface area (Å²) in [6.45, 7) is -0.885. The lowest BCUT2D eigenvalue weighted by Gasteiger charge is -2.34. The summed E-state index contributed by atoms with van der Waals surface area (Å²) in [5.74, 6) is 0. The van der Waals surface area contributed by atoms with Gasteiger partial charge in [-0.3, -0.25) is 0 Å². The fourth-order valence-corrected chi connectivity index (χ4v) is 2.98. The van der Waals surface area contributed by atoms with Crippen LogP contribution in [0.1, 0.15) is 6.42 Å². The van der Waals surface area contributed by atoms with Crippen LogP contribution < -0.4 is 0 Å². The second-order valence-electron chi connectivity index (χ2n) is 4.46. The van der Waals surface area contributed by atoms with E-state index < -0.39 is 46.2 Å². The second-order valence-corrected chi connectivity index (χ2v) is 7.05.